The van der Waals surface area contributed by atoms with E-state index in [9.17, 15) is 4.79 Å². The molecule has 1 aliphatic rings. The van der Waals surface area contributed by atoms with Crippen LogP contribution in [0.2, 0.25) is 0 Å². The highest BCUT2D eigenvalue weighted by Gasteiger charge is 2.22. The fraction of sp³-hybridized carbons (Fsp3) is 0.269. The van der Waals surface area contributed by atoms with Crippen LogP contribution in [-0.2, 0) is 24.4 Å². The molecule has 0 aliphatic heterocycles. The maximum atomic E-state index is 11.1. The largest absolute Gasteiger partial charge is 0.493 e. The van der Waals surface area contributed by atoms with Crippen molar-refractivity contribution in [2.24, 2.45) is 11.7 Å². The van der Waals surface area contributed by atoms with Gasteiger partial charge in [0.1, 0.15) is 18.1 Å². The van der Waals surface area contributed by atoms with Gasteiger partial charge >= 0.3 is 5.97 Å². The van der Waals surface area contributed by atoms with Crippen LogP contribution in [0.3, 0.4) is 0 Å². The smallest absolute Gasteiger partial charge is 0.307 e. The van der Waals surface area contributed by atoms with E-state index in [1.807, 2.05) is 30.3 Å². The summed E-state index contributed by atoms with van der Waals surface area (Å²) in [7, 11) is 0. The minimum atomic E-state index is -0.881. The predicted octanol–water partition coefficient (Wildman–Crippen LogP) is 4.81. The number of benzene rings is 3. The number of para-hydroxylation sites is 1. The first-order valence-corrected chi connectivity index (χ1v) is 10.6. The third-order valence-corrected chi connectivity index (χ3v) is 5.35. The number of aliphatic carboxylic acids is 1. The number of carbonyl (C=O) groups is 1. The Balaban J connectivity index is 1.58. The number of carboxylic acid groups (broad SMARTS) is 1. The lowest BCUT2D eigenvalue weighted by molar-refractivity contribution is -0.136. The molecule has 1 fully saturated rings. The summed E-state index contributed by atoms with van der Waals surface area (Å²) in [5, 5.41) is 9.15. The molecule has 3 aromatic carbocycles. The molecule has 5 nitrogen and oxygen atoms in total. The monoisotopic (exact) mass is 417 g/mol. The van der Waals surface area contributed by atoms with Crippen LogP contribution in [0, 0.1) is 5.92 Å². The molecule has 0 heterocycles. The molecular weight excluding hydrogens is 390 g/mol. The molecule has 3 aromatic rings. The highest BCUT2D eigenvalue weighted by atomic mass is 16.5. The van der Waals surface area contributed by atoms with Gasteiger partial charge in [-0.1, -0.05) is 36.4 Å². The highest BCUT2D eigenvalue weighted by Crippen LogP contribution is 2.32. The third kappa shape index (κ3) is 5.86. The maximum Gasteiger partial charge on any atom is 0.307 e. The summed E-state index contributed by atoms with van der Waals surface area (Å²) in [6, 6.07) is 21.6. The molecule has 1 aliphatic carbocycles. The summed E-state index contributed by atoms with van der Waals surface area (Å²) in [6.07, 6.45) is 2.39. The molecule has 31 heavy (non-hydrogen) atoms. The Kier molecular flexibility index (Phi) is 6.53. The summed E-state index contributed by atoms with van der Waals surface area (Å²) in [6.45, 7) is 1.54. The Bertz CT molecular complexity index is 1060. The first kappa shape index (κ1) is 20.9. The van der Waals surface area contributed by atoms with Gasteiger partial charge in [0.25, 0.3) is 0 Å². The normalized spacial score (nSPS) is 13.1. The van der Waals surface area contributed by atoms with Crippen LogP contribution < -0.4 is 15.2 Å². The van der Waals surface area contributed by atoms with Crippen molar-refractivity contribution in [3.63, 3.8) is 0 Å². The van der Waals surface area contributed by atoms with E-state index in [0.717, 1.165) is 34.6 Å². The van der Waals surface area contributed by atoms with Crippen molar-refractivity contribution in [3.8, 4) is 22.6 Å². The topological polar surface area (TPSA) is 81.8 Å². The molecule has 1 saturated carbocycles. The number of carboxylic acids is 1. The van der Waals surface area contributed by atoms with E-state index in [-0.39, 0.29) is 6.42 Å². The van der Waals surface area contributed by atoms with E-state index in [0.29, 0.717) is 30.4 Å². The van der Waals surface area contributed by atoms with Crippen LogP contribution in [0.15, 0.2) is 66.7 Å². The van der Waals surface area contributed by atoms with Gasteiger partial charge in [0.2, 0.25) is 0 Å². The van der Waals surface area contributed by atoms with Crippen LogP contribution in [-0.4, -0.2) is 17.7 Å². The average Bonchev–Trinajstić information content (AvgIpc) is 3.61. The lowest BCUT2D eigenvalue weighted by Gasteiger charge is -2.14. The van der Waals surface area contributed by atoms with E-state index < -0.39 is 5.97 Å². The molecule has 0 atom stereocenters. The lowest BCUT2D eigenvalue weighted by atomic mass is 10.0. The summed E-state index contributed by atoms with van der Waals surface area (Å²) in [5.74, 6) is 1.18. The summed E-state index contributed by atoms with van der Waals surface area (Å²) >= 11 is 0. The first-order valence-electron chi connectivity index (χ1n) is 10.6. The minimum Gasteiger partial charge on any atom is -0.493 e. The van der Waals surface area contributed by atoms with Crippen LogP contribution in [0.1, 0.15) is 29.5 Å². The van der Waals surface area contributed by atoms with Crippen LogP contribution in [0.4, 0.5) is 0 Å². The molecule has 0 amide bonds. The second-order valence-electron chi connectivity index (χ2n) is 7.99. The molecule has 0 radical (unpaired) electrons. The van der Waals surface area contributed by atoms with Crippen LogP contribution in [0.5, 0.6) is 11.5 Å². The standard InChI is InChI=1S/C26H27NO4/c27-15-19-4-3-6-21(10-19)23-11-20(12-24(13-23)30-16-18-8-9-18)17-31-25-7-2-1-5-22(25)14-26(28)29/h1-7,10-13,18H,8-9,14-17,27H2,(H,28,29). The molecule has 0 spiro atoms. The molecule has 0 aromatic heterocycles. The molecule has 0 bridgehead atoms. The number of hydrogen-bond acceptors (Lipinski definition) is 4. The van der Waals surface area contributed by atoms with Gasteiger partial charge in [0.15, 0.2) is 0 Å². The molecule has 0 unspecified atom stereocenters. The van der Waals surface area contributed by atoms with Crippen molar-refractivity contribution in [1.82, 2.24) is 0 Å². The van der Waals surface area contributed by atoms with Gasteiger partial charge < -0.3 is 20.3 Å². The number of ether oxygens (including phenoxy) is 2. The number of rotatable bonds is 10. The average molecular weight is 418 g/mol. The van der Waals surface area contributed by atoms with Gasteiger partial charge in [-0.2, -0.15) is 0 Å². The summed E-state index contributed by atoms with van der Waals surface area (Å²) in [5.41, 5.74) is 10.6. The molecule has 160 valence electrons. The van der Waals surface area contributed by atoms with Crippen molar-refractivity contribution in [2.45, 2.75) is 32.4 Å². The molecule has 4 rings (SSSR count). The van der Waals surface area contributed by atoms with Gasteiger partial charge in [0, 0.05) is 12.1 Å². The molecule has 5 heteroatoms. The zero-order valence-corrected chi connectivity index (χ0v) is 17.4. The minimum absolute atomic E-state index is 0.0716. The van der Waals surface area contributed by atoms with Gasteiger partial charge in [-0.25, -0.2) is 0 Å². The van der Waals surface area contributed by atoms with Crippen molar-refractivity contribution >= 4 is 5.97 Å². The Morgan fingerprint density at radius 1 is 0.935 bits per heavy atom. The Morgan fingerprint density at radius 2 is 1.74 bits per heavy atom. The molecule has 0 saturated heterocycles. The van der Waals surface area contributed by atoms with Crippen molar-refractivity contribution in [2.75, 3.05) is 6.61 Å². The van der Waals surface area contributed by atoms with Crippen molar-refractivity contribution in [1.29, 1.82) is 0 Å². The zero-order chi connectivity index (χ0) is 21.6. The fourth-order valence-electron chi connectivity index (χ4n) is 3.49. The van der Waals surface area contributed by atoms with E-state index >= 15 is 0 Å². The fourth-order valence-corrected chi connectivity index (χ4v) is 3.49. The summed E-state index contributed by atoms with van der Waals surface area (Å²) in [4.78, 5) is 11.1. The highest BCUT2D eigenvalue weighted by molar-refractivity contribution is 5.71. The lowest BCUT2D eigenvalue weighted by Crippen LogP contribution is -2.05. The Morgan fingerprint density at radius 3 is 2.52 bits per heavy atom. The SMILES string of the molecule is NCc1cccc(-c2cc(COc3ccccc3CC(=O)O)cc(OCC3CC3)c2)c1. The molecular formula is C26H27NO4. The number of nitrogens with two attached hydrogens (primary N) is 1. The summed E-state index contributed by atoms with van der Waals surface area (Å²) < 4.78 is 12.1. The second-order valence-corrected chi connectivity index (χ2v) is 7.99. The maximum absolute atomic E-state index is 11.1. The van der Waals surface area contributed by atoms with Crippen LogP contribution >= 0.6 is 0 Å². The van der Waals surface area contributed by atoms with Crippen molar-refractivity contribution < 1.29 is 19.4 Å². The first-order chi connectivity index (χ1) is 15.1. The van der Waals surface area contributed by atoms with E-state index in [2.05, 4.69) is 24.3 Å². The van der Waals surface area contributed by atoms with Crippen molar-refractivity contribution in [3.05, 3.63) is 83.4 Å². The van der Waals surface area contributed by atoms with Gasteiger partial charge in [-0.05, 0) is 71.3 Å². The van der Waals surface area contributed by atoms with E-state index in [4.69, 9.17) is 20.3 Å². The van der Waals surface area contributed by atoms with Gasteiger partial charge in [-0.3, -0.25) is 4.79 Å². The Labute approximate surface area is 182 Å². The Hall–Kier alpha value is -3.31. The number of hydrogen-bond donors (Lipinski definition) is 2. The second kappa shape index (κ2) is 9.67. The van der Waals surface area contributed by atoms with Gasteiger partial charge in [0.05, 0.1) is 13.0 Å². The van der Waals surface area contributed by atoms with Crippen LogP contribution in [0.25, 0.3) is 11.1 Å². The predicted molar refractivity (Wildman–Crippen MR) is 120 cm³/mol. The third-order valence-electron chi connectivity index (χ3n) is 5.35. The van der Waals surface area contributed by atoms with E-state index in [1.165, 1.54) is 12.8 Å². The van der Waals surface area contributed by atoms with Gasteiger partial charge in [-0.15, -0.1) is 0 Å². The van der Waals surface area contributed by atoms with E-state index in [1.54, 1.807) is 12.1 Å². The molecule has 3 N–H and O–H groups in total. The quantitative estimate of drug-likeness (QED) is 0.495. The zero-order valence-electron chi connectivity index (χ0n) is 17.4.